The molecule has 0 fully saturated rings. The van der Waals surface area contributed by atoms with E-state index in [0.29, 0.717) is 34.8 Å². The van der Waals surface area contributed by atoms with Crippen molar-refractivity contribution in [2.75, 3.05) is 7.11 Å². The van der Waals surface area contributed by atoms with Gasteiger partial charge in [-0.25, -0.2) is 0 Å². The number of carbonyl (C=O) groups excluding carboxylic acids is 1. The molecule has 1 heterocycles. The molecule has 4 heteroatoms. The number of carbonyl (C=O) groups is 1. The number of benzene rings is 2. The molecule has 1 aromatic heterocycles. The maximum atomic E-state index is 12.8. The summed E-state index contributed by atoms with van der Waals surface area (Å²) in [5.74, 6) is 1.52. The number of fused-ring (bicyclic) bond motifs is 1. The SMILES string of the molecule is CCc1oc2ccc(Cl)cc2c1C(=O)Cc1ccc(OC)cc1. The Morgan fingerprint density at radius 1 is 1.17 bits per heavy atom. The quantitative estimate of drug-likeness (QED) is 0.613. The van der Waals surface area contributed by atoms with Gasteiger partial charge in [-0.2, -0.15) is 0 Å². The van der Waals surface area contributed by atoms with Crippen molar-refractivity contribution < 1.29 is 13.9 Å². The minimum absolute atomic E-state index is 0.0352. The number of ketones is 1. The van der Waals surface area contributed by atoms with E-state index in [1.165, 1.54) is 0 Å². The number of hydrogen-bond acceptors (Lipinski definition) is 3. The average molecular weight is 329 g/mol. The first-order valence-corrected chi connectivity index (χ1v) is 7.87. The Hall–Kier alpha value is -2.26. The third-order valence-electron chi connectivity index (χ3n) is 3.85. The smallest absolute Gasteiger partial charge is 0.171 e. The molecule has 0 aliphatic carbocycles. The molecule has 0 radical (unpaired) electrons. The van der Waals surface area contributed by atoms with Crippen LogP contribution in [-0.4, -0.2) is 12.9 Å². The second-order valence-corrected chi connectivity index (χ2v) is 5.78. The zero-order chi connectivity index (χ0) is 16.4. The molecular formula is C19H17ClO3. The summed E-state index contributed by atoms with van der Waals surface area (Å²) in [6.07, 6.45) is 0.980. The van der Waals surface area contributed by atoms with Gasteiger partial charge in [-0.3, -0.25) is 4.79 Å². The third-order valence-corrected chi connectivity index (χ3v) is 4.08. The van der Waals surface area contributed by atoms with Gasteiger partial charge in [0, 0.05) is 23.3 Å². The predicted octanol–water partition coefficient (Wildman–Crippen LogP) is 5.08. The molecule has 0 aliphatic rings. The summed E-state index contributed by atoms with van der Waals surface area (Å²) in [6, 6.07) is 12.9. The molecule has 0 aliphatic heterocycles. The van der Waals surface area contributed by atoms with Crippen molar-refractivity contribution in [3.63, 3.8) is 0 Å². The summed E-state index contributed by atoms with van der Waals surface area (Å²) in [7, 11) is 1.62. The van der Waals surface area contributed by atoms with Crippen LogP contribution in [0, 0.1) is 0 Å². The molecule has 0 amide bonds. The van der Waals surface area contributed by atoms with Crippen LogP contribution in [0.4, 0.5) is 0 Å². The first kappa shape index (κ1) is 15.6. The van der Waals surface area contributed by atoms with Gasteiger partial charge in [0.15, 0.2) is 5.78 Å². The number of halogens is 1. The number of aryl methyl sites for hydroxylation is 1. The molecule has 3 nitrogen and oxygen atoms in total. The summed E-state index contributed by atoms with van der Waals surface area (Å²) in [5, 5.41) is 1.38. The second-order valence-electron chi connectivity index (χ2n) is 5.34. The number of Topliss-reactive ketones (excluding diaryl/α,β-unsaturated/α-hetero) is 1. The zero-order valence-electron chi connectivity index (χ0n) is 13.1. The van der Waals surface area contributed by atoms with Crippen LogP contribution in [0.3, 0.4) is 0 Å². The number of furan rings is 1. The zero-order valence-corrected chi connectivity index (χ0v) is 13.8. The lowest BCUT2D eigenvalue weighted by molar-refractivity contribution is 0.0992. The van der Waals surface area contributed by atoms with Crippen LogP contribution < -0.4 is 4.74 Å². The maximum absolute atomic E-state index is 12.8. The van der Waals surface area contributed by atoms with E-state index in [1.807, 2.05) is 31.2 Å². The highest BCUT2D eigenvalue weighted by molar-refractivity contribution is 6.31. The van der Waals surface area contributed by atoms with Crippen molar-refractivity contribution >= 4 is 28.4 Å². The molecule has 3 aromatic rings. The monoisotopic (exact) mass is 328 g/mol. The molecule has 3 rings (SSSR count). The Labute approximate surface area is 139 Å². The van der Waals surface area contributed by atoms with Crippen molar-refractivity contribution in [3.8, 4) is 5.75 Å². The molecule has 0 saturated carbocycles. The van der Waals surface area contributed by atoms with Gasteiger partial charge < -0.3 is 9.15 Å². The van der Waals surface area contributed by atoms with Gasteiger partial charge in [0.1, 0.15) is 17.1 Å². The number of hydrogen-bond donors (Lipinski definition) is 0. The Kier molecular flexibility index (Phi) is 4.39. The van der Waals surface area contributed by atoms with Crippen molar-refractivity contribution in [3.05, 3.63) is 64.4 Å². The molecule has 0 saturated heterocycles. The van der Waals surface area contributed by atoms with Gasteiger partial charge in [-0.05, 0) is 35.9 Å². The lowest BCUT2D eigenvalue weighted by atomic mass is 9.99. The van der Waals surface area contributed by atoms with E-state index in [1.54, 1.807) is 25.3 Å². The predicted molar refractivity (Wildman–Crippen MR) is 91.6 cm³/mol. The highest BCUT2D eigenvalue weighted by Crippen LogP contribution is 2.30. The van der Waals surface area contributed by atoms with Gasteiger partial charge in [0.25, 0.3) is 0 Å². The van der Waals surface area contributed by atoms with Gasteiger partial charge in [-0.15, -0.1) is 0 Å². The van der Waals surface area contributed by atoms with E-state index in [0.717, 1.165) is 16.7 Å². The maximum Gasteiger partial charge on any atom is 0.171 e. The van der Waals surface area contributed by atoms with E-state index in [2.05, 4.69) is 0 Å². The van der Waals surface area contributed by atoms with E-state index < -0.39 is 0 Å². The minimum atomic E-state index is 0.0352. The fourth-order valence-corrected chi connectivity index (χ4v) is 2.86. The van der Waals surface area contributed by atoms with E-state index >= 15 is 0 Å². The van der Waals surface area contributed by atoms with Crippen molar-refractivity contribution in [2.24, 2.45) is 0 Å². The van der Waals surface area contributed by atoms with E-state index in [9.17, 15) is 4.79 Å². The highest BCUT2D eigenvalue weighted by atomic mass is 35.5. The number of ether oxygens (including phenoxy) is 1. The third kappa shape index (κ3) is 3.10. The molecule has 0 N–H and O–H groups in total. The van der Waals surface area contributed by atoms with Crippen LogP contribution in [0.1, 0.15) is 28.6 Å². The molecule has 0 atom stereocenters. The highest BCUT2D eigenvalue weighted by Gasteiger charge is 2.20. The van der Waals surface area contributed by atoms with Gasteiger partial charge in [0.2, 0.25) is 0 Å². The van der Waals surface area contributed by atoms with Crippen LogP contribution in [0.25, 0.3) is 11.0 Å². The minimum Gasteiger partial charge on any atom is -0.497 e. The van der Waals surface area contributed by atoms with E-state index in [-0.39, 0.29) is 5.78 Å². The Balaban J connectivity index is 1.97. The standard InChI is InChI=1S/C19H17ClO3/c1-3-17-19(15-11-13(20)6-9-18(15)23-17)16(21)10-12-4-7-14(22-2)8-5-12/h4-9,11H,3,10H2,1-2H3. The Morgan fingerprint density at radius 2 is 1.91 bits per heavy atom. The Bertz CT molecular complexity index is 847. The fourth-order valence-electron chi connectivity index (χ4n) is 2.69. The summed E-state index contributed by atoms with van der Waals surface area (Å²) >= 11 is 6.07. The van der Waals surface area contributed by atoms with Crippen LogP contribution >= 0.6 is 11.6 Å². The van der Waals surface area contributed by atoms with Gasteiger partial charge in [0.05, 0.1) is 12.7 Å². The summed E-state index contributed by atoms with van der Waals surface area (Å²) in [5.41, 5.74) is 2.28. The molecule has 23 heavy (non-hydrogen) atoms. The van der Waals surface area contributed by atoms with Crippen LogP contribution in [0.2, 0.25) is 5.02 Å². The second kappa shape index (κ2) is 6.47. The lowest BCUT2D eigenvalue weighted by Gasteiger charge is -2.04. The molecule has 2 aromatic carbocycles. The van der Waals surface area contributed by atoms with Crippen LogP contribution in [-0.2, 0) is 12.8 Å². The van der Waals surface area contributed by atoms with Crippen molar-refractivity contribution in [2.45, 2.75) is 19.8 Å². The molecule has 0 unspecified atom stereocenters. The summed E-state index contributed by atoms with van der Waals surface area (Å²) in [6.45, 7) is 1.98. The molecule has 118 valence electrons. The van der Waals surface area contributed by atoms with Crippen LogP contribution in [0.5, 0.6) is 5.75 Å². The van der Waals surface area contributed by atoms with Crippen molar-refractivity contribution in [1.82, 2.24) is 0 Å². The molecular weight excluding hydrogens is 312 g/mol. The lowest BCUT2D eigenvalue weighted by Crippen LogP contribution is -2.05. The van der Waals surface area contributed by atoms with Gasteiger partial charge in [-0.1, -0.05) is 30.7 Å². The number of rotatable bonds is 5. The molecule has 0 spiro atoms. The summed E-state index contributed by atoms with van der Waals surface area (Å²) < 4.78 is 10.9. The van der Waals surface area contributed by atoms with Gasteiger partial charge >= 0.3 is 0 Å². The largest absolute Gasteiger partial charge is 0.497 e. The number of methoxy groups -OCH3 is 1. The average Bonchev–Trinajstić information content (AvgIpc) is 2.93. The fraction of sp³-hybridized carbons (Fsp3) is 0.211. The Morgan fingerprint density at radius 3 is 2.57 bits per heavy atom. The molecule has 0 bridgehead atoms. The van der Waals surface area contributed by atoms with Crippen molar-refractivity contribution in [1.29, 1.82) is 0 Å². The first-order valence-electron chi connectivity index (χ1n) is 7.49. The summed E-state index contributed by atoms with van der Waals surface area (Å²) in [4.78, 5) is 12.8. The normalized spacial score (nSPS) is 10.9. The first-order chi connectivity index (χ1) is 11.1. The van der Waals surface area contributed by atoms with Crippen LogP contribution in [0.15, 0.2) is 46.9 Å². The topological polar surface area (TPSA) is 39.4 Å². The van der Waals surface area contributed by atoms with E-state index in [4.69, 9.17) is 20.8 Å².